The third kappa shape index (κ3) is 5.64. The summed E-state index contributed by atoms with van der Waals surface area (Å²) in [5.74, 6) is 0.0284. The lowest BCUT2D eigenvalue weighted by Crippen LogP contribution is -2.46. The van der Waals surface area contributed by atoms with Crippen LogP contribution in [-0.2, 0) is 11.2 Å². The van der Waals surface area contributed by atoms with Crippen molar-refractivity contribution in [3.63, 3.8) is 0 Å². The zero-order chi connectivity index (χ0) is 17.7. The molecule has 1 heterocycles. The molecule has 1 aromatic carbocycles. The molecule has 1 aliphatic rings. The molecule has 2 rings (SSSR count). The topological polar surface area (TPSA) is 69.6 Å². The monoisotopic (exact) mass is 332 g/mol. The van der Waals surface area contributed by atoms with Crippen LogP contribution in [0.1, 0.15) is 56.0 Å². The number of amides is 2. The minimum absolute atomic E-state index is 0.0682. The van der Waals surface area contributed by atoms with Crippen LogP contribution in [0.4, 0.5) is 0 Å². The van der Waals surface area contributed by atoms with Gasteiger partial charge in [-0.25, -0.2) is 0 Å². The Morgan fingerprint density at radius 1 is 1.29 bits per heavy atom. The second-order valence-corrected chi connectivity index (χ2v) is 7.27. The minimum Gasteiger partial charge on any atom is -0.390 e. The molecule has 0 unspecified atom stereocenters. The standard InChI is InChI=1S/C19H28N2O3/c1-14(22)21-11-8-17(9-12-21)20-18(23)16-6-4-5-15(13-16)7-10-19(2,3)24/h4-6,13,17,24H,7-12H2,1-3H3,(H,20,23). The molecule has 0 bridgehead atoms. The minimum atomic E-state index is -0.705. The molecule has 5 nitrogen and oxygen atoms in total. The molecule has 1 aliphatic heterocycles. The maximum atomic E-state index is 12.4. The lowest BCUT2D eigenvalue weighted by Gasteiger charge is -2.31. The van der Waals surface area contributed by atoms with Crippen molar-refractivity contribution in [1.82, 2.24) is 10.2 Å². The molecule has 0 atom stereocenters. The highest BCUT2D eigenvalue weighted by molar-refractivity contribution is 5.94. The Morgan fingerprint density at radius 2 is 1.96 bits per heavy atom. The Hall–Kier alpha value is -1.88. The van der Waals surface area contributed by atoms with Gasteiger partial charge in [-0.15, -0.1) is 0 Å². The van der Waals surface area contributed by atoms with Crippen LogP contribution in [0.5, 0.6) is 0 Å². The number of aryl methyl sites for hydroxylation is 1. The molecule has 5 heteroatoms. The van der Waals surface area contributed by atoms with E-state index in [1.807, 2.05) is 29.2 Å². The molecule has 0 aromatic heterocycles. The highest BCUT2D eigenvalue weighted by Crippen LogP contribution is 2.15. The van der Waals surface area contributed by atoms with Crippen molar-refractivity contribution < 1.29 is 14.7 Å². The number of nitrogens with one attached hydrogen (secondary N) is 1. The van der Waals surface area contributed by atoms with E-state index in [0.29, 0.717) is 25.1 Å². The summed E-state index contributed by atoms with van der Waals surface area (Å²) in [6.45, 7) is 6.56. The number of likely N-dealkylation sites (tertiary alicyclic amines) is 1. The molecule has 0 radical (unpaired) electrons. The van der Waals surface area contributed by atoms with Crippen LogP contribution >= 0.6 is 0 Å². The molecule has 1 saturated heterocycles. The van der Waals surface area contributed by atoms with E-state index in [1.54, 1.807) is 20.8 Å². The summed E-state index contributed by atoms with van der Waals surface area (Å²) in [5, 5.41) is 12.9. The quantitative estimate of drug-likeness (QED) is 0.868. The predicted molar refractivity (Wildman–Crippen MR) is 93.8 cm³/mol. The number of benzene rings is 1. The van der Waals surface area contributed by atoms with Gasteiger partial charge in [-0.1, -0.05) is 12.1 Å². The van der Waals surface area contributed by atoms with Crippen molar-refractivity contribution in [3.05, 3.63) is 35.4 Å². The van der Waals surface area contributed by atoms with E-state index in [9.17, 15) is 14.7 Å². The number of carbonyl (C=O) groups is 2. The molecule has 132 valence electrons. The van der Waals surface area contributed by atoms with Gasteiger partial charge in [0.25, 0.3) is 5.91 Å². The Kier molecular flexibility index (Phi) is 5.99. The van der Waals surface area contributed by atoms with Crippen LogP contribution in [0.2, 0.25) is 0 Å². The first kappa shape index (κ1) is 18.5. The second kappa shape index (κ2) is 7.79. The smallest absolute Gasteiger partial charge is 0.251 e. The fraction of sp³-hybridized carbons (Fsp3) is 0.579. The van der Waals surface area contributed by atoms with Crippen molar-refractivity contribution in [2.45, 2.75) is 58.1 Å². The lowest BCUT2D eigenvalue weighted by atomic mass is 9.97. The number of nitrogens with zero attached hydrogens (tertiary/aromatic N) is 1. The average Bonchev–Trinajstić information content (AvgIpc) is 2.53. The van der Waals surface area contributed by atoms with Crippen LogP contribution in [0, 0.1) is 0 Å². The predicted octanol–water partition coefficient (Wildman–Crippen LogP) is 2.13. The third-order valence-corrected chi connectivity index (χ3v) is 4.49. The van der Waals surface area contributed by atoms with Crippen LogP contribution in [-0.4, -0.2) is 46.6 Å². The van der Waals surface area contributed by atoms with E-state index in [4.69, 9.17) is 0 Å². The van der Waals surface area contributed by atoms with Gasteiger partial charge in [0.1, 0.15) is 0 Å². The number of hydrogen-bond acceptors (Lipinski definition) is 3. The first-order valence-corrected chi connectivity index (χ1v) is 8.62. The van der Waals surface area contributed by atoms with Gasteiger partial charge >= 0.3 is 0 Å². The molecule has 0 aliphatic carbocycles. The van der Waals surface area contributed by atoms with E-state index < -0.39 is 5.60 Å². The Morgan fingerprint density at radius 3 is 2.54 bits per heavy atom. The number of rotatable bonds is 5. The van der Waals surface area contributed by atoms with E-state index in [-0.39, 0.29) is 17.9 Å². The van der Waals surface area contributed by atoms with Gasteiger partial charge in [0.05, 0.1) is 5.60 Å². The van der Waals surface area contributed by atoms with Crippen LogP contribution in [0.3, 0.4) is 0 Å². The number of aliphatic hydroxyl groups is 1. The fourth-order valence-electron chi connectivity index (χ4n) is 2.93. The summed E-state index contributed by atoms with van der Waals surface area (Å²) in [6, 6.07) is 7.69. The zero-order valence-electron chi connectivity index (χ0n) is 14.8. The summed E-state index contributed by atoms with van der Waals surface area (Å²) in [7, 11) is 0. The largest absolute Gasteiger partial charge is 0.390 e. The van der Waals surface area contributed by atoms with Gasteiger partial charge in [0.2, 0.25) is 5.91 Å². The zero-order valence-corrected chi connectivity index (χ0v) is 14.8. The van der Waals surface area contributed by atoms with E-state index in [1.165, 1.54) is 0 Å². The molecule has 0 spiro atoms. The van der Waals surface area contributed by atoms with Gasteiger partial charge in [0.15, 0.2) is 0 Å². The molecule has 0 saturated carbocycles. The molecule has 2 N–H and O–H groups in total. The molecule has 2 amide bonds. The maximum absolute atomic E-state index is 12.4. The summed E-state index contributed by atoms with van der Waals surface area (Å²) in [4.78, 5) is 25.6. The summed E-state index contributed by atoms with van der Waals surface area (Å²) >= 11 is 0. The van der Waals surface area contributed by atoms with Gasteiger partial charge < -0.3 is 15.3 Å². The second-order valence-electron chi connectivity index (χ2n) is 7.27. The van der Waals surface area contributed by atoms with E-state index in [2.05, 4.69) is 5.32 Å². The SMILES string of the molecule is CC(=O)N1CCC(NC(=O)c2cccc(CCC(C)(C)O)c2)CC1. The van der Waals surface area contributed by atoms with Gasteiger partial charge in [0, 0.05) is 31.6 Å². The molecule has 1 fully saturated rings. The first-order valence-electron chi connectivity index (χ1n) is 8.62. The number of carbonyl (C=O) groups excluding carboxylic acids is 2. The first-order chi connectivity index (χ1) is 11.2. The van der Waals surface area contributed by atoms with E-state index in [0.717, 1.165) is 24.8 Å². The van der Waals surface area contributed by atoms with Crippen molar-refractivity contribution in [2.75, 3.05) is 13.1 Å². The number of piperidine rings is 1. The van der Waals surface area contributed by atoms with Crippen molar-refractivity contribution in [1.29, 1.82) is 0 Å². The lowest BCUT2D eigenvalue weighted by molar-refractivity contribution is -0.129. The molecular weight excluding hydrogens is 304 g/mol. The Bertz CT molecular complexity index is 585. The molecule has 1 aromatic rings. The van der Waals surface area contributed by atoms with Crippen molar-refractivity contribution >= 4 is 11.8 Å². The van der Waals surface area contributed by atoms with Crippen LogP contribution < -0.4 is 5.32 Å². The average molecular weight is 332 g/mol. The van der Waals surface area contributed by atoms with Gasteiger partial charge in [-0.3, -0.25) is 9.59 Å². The van der Waals surface area contributed by atoms with Crippen molar-refractivity contribution in [3.8, 4) is 0 Å². The highest BCUT2D eigenvalue weighted by atomic mass is 16.3. The van der Waals surface area contributed by atoms with E-state index >= 15 is 0 Å². The highest BCUT2D eigenvalue weighted by Gasteiger charge is 2.22. The Balaban J connectivity index is 1.90. The summed E-state index contributed by atoms with van der Waals surface area (Å²) < 4.78 is 0. The number of hydrogen-bond donors (Lipinski definition) is 2. The van der Waals surface area contributed by atoms with Gasteiger partial charge in [-0.05, 0) is 57.2 Å². The maximum Gasteiger partial charge on any atom is 0.251 e. The van der Waals surface area contributed by atoms with Crippen LogP contribution in [0.15, 0.2) is 24.3 Å². The summed E-state index contributed by atoms with van der Waals surface area (Å²) in [6.07, 6.45) is 2.98. The molecular formula is C19H28N2O3. The van der Waals surface area contributed by atoms with Crippen LogP contribution in [0.25, 0.3) is 0 Å². The normalized spacial score (nSPS) is 16.1. The van der Waals surface area contributed by atoms with Crippen molar-refractivity contribution in [2.24, 2.45) is 0 Å². The Labute approximate surface area is 144 Å². The third-order valence-electron chi connectivity index (χ3n) is 4.49. The summed E-state index contributed by atoms with van der Waals surface area (Å²) in [5.41, 5.74) is 0.997. The molecule has 24 heavy (non-hydrogen) atoms. The van der Waals surface area contributed by atoms with Gasteiger partial charge in [-0.2, -0.15) is 0 Å². The fourth-order valence-corrected chi connectivity index (χ4v) is 2.93.